The van der Waals surface area contributed by atoms with E-state index >= 15 is 0 Å². The molecule has 0 atom stereocenters. The maximum absolute atomic E-state index is 5.53. The molecule has 0 saturated carbocycles. The molecule has 0 radical (unpaired) electrons. The lowest BCUT2D eigenvalue weighted by molar-refractivity contribution is 0.924. The van der Waals surface area contributed by atoms with Crippen molar-refractivity contribution >= 4 is 11.6 Å². The van der Waals surface area contributed by atoms with Crippen molar-refractivity contribution in [3.05, 3.63) is 24.0 Å². The largest absolute Gasteiger partial charge is 0.357 e. The molecule has 0 N–H and O–H groups in total. The number of nitrogens with zero attached hydrogens (tertiary/aromatic N) is 1. The molecule has 1 aromatic rings. The summed E-state index contributed by atoms with van der Waals surface area (Å²) in [5.41, 5.74) is 1.18. The fourth-order valence-electron chi connectivity index (χ4n) is 0.640. The van der Waals surface area contributed by atoms with Crippen molar-refractivity contribution in [1.29, 1.82) is 0 Å². The van der Waals surface area contributed by atoms with Crippen molar-refractivity contribution in [2.75, 3.05) is 0 Å². The molecule has 1 rings (SSSR count). The van der Waals surface area contributed by atoms with Gasteiger partial charge in [-0.15, -0.1) is 11.6 Å². The number of halogens is 1. The van der Waals surface area contributed by atoms with Gasteiger partial charge in [0.15, 0.2) is 0 Å². The predicted molar refractivity (Wildman–Crippen MR) is 35.0 cm³/mol. The van der Waals surface area contributed by atoms with Crippen molar-refractivity contribution in [3.63, 3.8) is 0 Å². The van der Waals surface area contributed by atoms with Gasteiger partial charge in [0.25, 0.3) is 0 Å². The van der Waals surface area contributed by atoms with Crippen LogP contribution >= 0.6 is 11.6 Å². The van der Waals surface area contributed by atoms with Gasteiger partial charge in [-0.3, -0.25) is 0 Å². The van der Waals surface area contributed by atoms with Crippen LogP contribution in [0.25, 0.3) is 0 Å². The first-order chi connectivity index (χ1) is 3.83. The third kappa shape index (κ3) is 1.04. The quantitative estimate of drug-likeness (QED) is 0.510. The van der Waals surface area contributed by atoms with Crippen molar-refractivity contribution in [2.24, 2.45) is 7.05 Å². The maximum Gasteiger partial charge on any atom is 0.0489 e. The summed E-state index contributed by atoms with van der Waals surface area (Å²) < 4.78 is 1.98. The van der Waals surface area contributed by atoms with Crippen molar-refractivity contribution < 1.29 is 0 Å². The van der Waals surface area contributed by atoms with E-state index in [1.165, 1.54) is 5.56 Å². The average Bonchev–Trinajstić information content (AvgIpc) is 2.14. The highest BCUT2D eigenvalue weighted by Gasteiger charge is 1.87. The summed E-state index contributed by atoms with van der Waals surface area (Å²) in [6.45, 7) is 0. The first kappa shape index (κ1) is 5.70. The Morgan fingerprint density at radius 3 is 2.75 bits per heavy atom. The topological polar surface area (TPSA) is 4.93 Å². The zero-order valence-corrected chi connectivity index (χ0v) is 5.52. The molecule has 0 bridgehead atoms. The van der Waals surface area contributed by atoms with E-state index < -0.39 is 0 Å². The van der Waals surface area contributed by atoms with Crippen molar-refractivity contribution in [2.45, 2.75) is 5.88 Å². The van der Waals surface area contributed by atoms with Gasteiger partial charge in [-0.1, -0.05) is 0 Å². The Bertz CT molecular complexity index is 169. The number of aryl methyl sites for hydroxylation is 1. The van der Waals surface area contributed by atoms with Crippen LogP contribution in [0.3, 0.4) is 0 Å². The molecule has 0 aromatic carbocycles. The summed E-state index contributed by atoms with van der Waals surface area (Å²) in [5, 5.41) is 0. The monoisotopic (exact) mass is 129 g/mol. The fraction of sp³-hybridized carbons (Fsp3) is 0.333. The van der Waals surface area contributed by atoms with Crippen molar-refractivity contribution in [3.8, 4) is 0 Å². The third-order valence-corrected chi connectivity index (χ3v) is 1.36. The molecule has 0 spiro atoms. The highest BCUT2D eigenvalue weighted by atomic mass is 35.5. The second kappa shape index (κ2) is 2.23. The van der Waals surface area contributed by atoms with Crippen LogP contribution < -0.4 is 0 Å². The number of aromatic nitrogens is 1. The minimum absolute atomic E-state index is 0.612. The highest BCUT2D eigenvalue weighted by molar-refractivity contribution is 6.17. The van der Waals surface area contributed by atoms with Gasteiger partial charge in [-0.25, -0.2) is 0 Å². The molecule has 1 heterocycles. The zero-order chi connectivity index (χ0) is 5.98. The first-order valence-corrected chi connectivity index (χ1v) is 3.03. The molecule has 0 aliphatic carbocycles. The molecule has 0 amide bonds. The van der Waals surface area contributed by atoms with Crippen molar-refractivity contribution in [1.82, 2.24) is 4.57 Å². The van der Waals surface area contributed by atoms with Crippen LogP contribution in [0.15, 0.2) is 18.5 Å². The molecule has 1 aromatic heterocycles. The molecule has 44 valence electrons. The molecular weight excluding hydrogens is 122 g/mol. The van der Waals surface area contributed by atoms with E-state index in [2.05, 4.69) is 0 Å². The lowest BCUT2D eigenvalue weighted by atomic mass is 10.4. The van der Waals surface area contributed by atoms with Gasteiger partial charge in [0, 0.05) is 25.3 Å². The summed E-state index contributed by atoms with van der Waals surface area (Å²) in [6, 6.07) is 2.01. The summed E-state index contributed by atoms with van der Waals surface area (Å²) in [4.78, 5) is 0. The van der Waals surface area contributed by atoms with Gasteiger partial charge in [-0.05, 0) is 11.6 Å². The van der Waals surface area contributed by atoms with Crippen LogP contribution in [0.1, 0.15) is 5.56 Å². The lowest BCUT2D eigenvalue weighted by Gasteiger charge is -1.83. The van der Waals surface area contributed by atoms with E-state index in [0.29, 0.717) is 5.88 Å². The number of hydrogen-bond donors (Lipinski definition) is 0. The molecule has 1 nitrogen and oxygen atoms in total. The van der Waals surface area contributed by atoms with E-state index in [-0.39, 0.29) is 0 Å². The van der Waals surface area contributed by atoms with Crippen LogP contribution in [0.4, 0.5) is 0 Å². The third-order valence-electron chi connectivity index (χ3n) is 1.05. The van der Waals surface area contributed by atoms with E-state index in [1.54, 1.807) is 0 Å². The molecule has 8 heavy (non-hydrogen) atoms. The second-order valence-corrected chi connectivity index (χ2v) is 2.09. The van der Waals surface area contributed by atoms with Crippen LogP contribution in [0, 0.1) is 0 Å². The van der Waals surface area contributed by atoms with Gasteiger partial charge in [0.2, 0.25) is 0 Å². The molecule has 0 fully saturated rings. The number of alkyl halides is 1. The van der Waals surface area contributed by atoms with Crippen LogP contribution in [0.2, 0.25) is 0 Å². The number of rotatable bonds is 1. The Hall–Kier alpha value is -0.430. The van der Waals surface area contributed by atoms with Gasteiger partial charge in [0.05, 0.1) is 0 Å². The van der Waals surface area contributed by atoms with E-state index in [9.17, 15) is 0 Å². The predicted octanol–water partition coefficient (Wildman–Crippen LogP) is 1.76. The van der Waals surface area contributed by atoms with Crippen LogP contribution in [-0.4, -0.2) is 4.57 Å². The first-order valence-electron chi connectivity index (χ1n) is 2.50. The van der Waals surface area contributed by atoms with Crippen LogP contribution in [-0.2, 0) is 12.9 Å². The molecule has 0 saturated heterocycles. The van der Waals surface area contributed by atoms with E-state index in [1.807, 2.05) is 30.1 Å². The molecular formula is C6H8ClN. The standard InChI is InChI=1S/C6H8ClN/c1-8-3-2-6(4-7)5-8/h2-3,5H,4H2,1H3. The average molecular weight is 130 g/mol. The number of hydrogen-bond acceptors (Lipinski definition) is 0. The Morgan fingerprint density at radius 1 is 1.75 bits per heavy atom. The normalized spacial score (nSPS) is 9.75. The van der Waals surface area contributed by atoms with E-state index in [0.717, 1.165) is 0 Å². The molecule has 2 heteroatoms. The maximum atomic E-state index is 5.53. The minimum atomic E-state index is 0.612. The minimum Gasteiger partial charge on any atom is -0.357 e. The molecule has 0 aliphatic rings. The Balaban J connectivity index is 2.84. The second-order valence-electron chi connectivity index (χ2n) is 1.82. The van der Waals surface area contributed by atoms with E-state index in [4.69, 9.17) is 11.6 Å². The van der Waals surface area contributed by atoms with Gasteiger partial charge < -0.3 is 4.57 Å². The summed E-state index contributed by atoms with van der Waals surface area (Å²) in [7, 11) is 1.98. The molecule has 0 unspecified atom stereocenters. The lowest BCUT2D eigenvalue weighted by Crippen LogP contribution is -1.77. The highest BCUT2D eigenvalue weighted by Crippen LogP contribution is 2.01. The zero-order valence-electron chi connectivity index (χ0n) is 4.76. The van der Waals surface area contributed by atoms with Gasteiger partial charge in [-0.2, -0.15) is 0 Å². The SMILES string of the molecule is Cn1ccc(CCl)c1. The van der Waals surface area contributed by atoms with Gasteiger partial charge >= 0.3 is 0 Å². The molecule has 0 aliphatic heterocycles. The van der Waals surface area contributed by atoms with Crippen LogP contribution in [0.5, 0.6) is 0 Å². The Morgan fingerprint density at radius 2 is 2.50 bits per heavy atom. The summed E-state index contributed by atoms with van der Waals surface area (Å²) >= 11 is 5.53. The Kier molecular flexibility index (Phi) is 1.59. The summed E-state index contributed by atoms with van der Waals surface area (Å²) in [5.74, 6) is 0.612. The Labute approximate surface area is 53.9 Å². The van der Waals surface area contributed by atoms with Gasteiger partial charge in [0.1, 0.15) is 0 Å². The smallest absolute Gasteiger partial charge is 0.0489 e. The summed E-state index contributed by atoms with van der Waals surface area (Å²) in [6.07, 6.45) is 3.99. The fourth-order valence-corrected chi connectivity index (χ4v) is 0.798.